The van der Waals surface area contributed by atoms with Gasteiger partial charge in [-0.05, 0) is 25.6 Å². The van der Waals surface area contributed by atoms with E-state index in [-0.39, 0.29) is 5.76 Å². The van der Waals surface area contributed by atoms with Crippen LogP contribution in [0.2, 0.25) is 0 Å². The summed E-state index contributed by atoms with van der Waals surface area (Å²) in [6, 6.07) is 19.2. The molecular weight excluding hydrogens is 252 g/mol. The maximum atomic E-state index is 10.9. The first-order chi connectivity index (χ1) is 9.63. The van der Waals surface area contributed by atoms with Gasteiger partial charge in [-0.2, -0.15) is 0 Å². The van der Waals surface area contributed by atoms with Crippen molar-refractivity contribution in [3.05, 3.63) is 78.6 Å². The number of hydrogen-bond acceptors (Lipinski definition) is 3. The fourth-order valence-electron chi connectivity index (χ4n) is 1.32. The van der Waals surface area contributed by atoms with Crippen molar-refractivity contribution in [3.8, 4) is 5.75 Å². The number of methoxy groups -OCH3 is 1. The molecule has 0 saturated carbocycles. The van der Waals surface area contributed by atoms with Crippen LogP contribution in [0, 0.1) is 6.92 Å². The molecule has 0 bridgehead atoms. The first-order valence-corrected chi connectivity index (χ1v) is 6.15. The second-order valence-electron chi connectivity index (χ2n) is 3.98. The molecule has 0 fully saturated rings. The lowest BCUT2D eigenvalue weighted by molar-refractivity contribution is -0.138. The Morgan fingerprint density at radius 2 is 1.45 bits per heavy atom. The standard InChI is InChI=1S/C10H10O3.C7H8/c1-8(10(11)12-2)13-9-6-4-3-5-7-9;1-7-5-3-2-4-6-7/h3-7H,1H2,2H3;2-6H,1H3. The van der Waals surface area contributed by atoms with Gasteiger partial charge >= 0.3 is 5.97 Å². The van der Waals surface area contributed by atoms with Crippen LogP contribution in [0.1, 0.15) is 5.56 Å². The Labute approximate surface area is 119 Å². The monoisotopic (exact) mass is 270 g/mol. The summed E-state index contributed by atoms with van der Waals surface area (Å²) >= 11 is 0. The van der Waals surface area contributed by atoms with Gasteiger partial charge in [0.05, 0.1) is 7.11 Å². The highest BCUT2D eigenvalue weighted by atomic mass is 16.6. The quantitative estimate of drug-likeness (QED) is 0.484. The van der Waals surface area contributed by atoms with Gasteiger partial charge in [-0.1, -0.05) is 54.1 Å². The van der Waals surface area contributed by atoms with Crippen molar-refractivity contribution in [2.75, 3.05) is 7.11 Å². The number of carbonyl (C=O) groups excluding carboxylic acids is 1. The molecule has 0 aliphatic carbocycles. The summed E-state index contributed by atoms with van der Waals surface area (Å²) in [7, 11) is 1.28. The predicted molar refractivity (Wildman–Crippen MR) is 79.4 cm³/mol. The van der Waals surface area contributed by atoms with Crippen molar-refractivity contribution in [1.29, 1.82) is 0 Å². The molecule has 0 N–H and O–H groups in total. The van der Waals surface area contributed by atoms with E-state index in [1.165, 1.54) is 12.7 Å². The van der Waals surface area contributed by atoms with Gasteiger partial charge in [-0.3, -0.25) is 0 Å². The molecule has 0 atom stereocenters. The molecule has 2 rings (SSSR count). The Balaban J connectivity index is 0.000000240. The molecule has 0 aliphatic heterocycles. The molecule has 0 aromatic heterocycles. The maximum absolute atomic E-state index is 10.9. The number of para-hydroxylation sites is 1. The molecule has 2 aromatic carbocycles. The zero-order valence-corrected chi connectivity index (χ0v) is 11.7. The number of esters is 1. The van der Waals surface area contributed by atoms with Gasteiger partial charge in [-0.15, -0.1) is 0 Å². The fourth-order valence-corrected chi connectivity index (χ4v) is 1.32. The van der Waals surface area contributed by atoms with Crippen LogP contribution in [0.4, 0.5) is 0 Å². The summed E-state index contributed by atoms with van der Waals surface area (Å²) in [5.41, 5.74) is 1.32. The largest absolute Gasteiger partial charge is 0.463 e. The van der Waals surface area contributed by atoms with Crippen LogP contribution >= 0.6 is 0 Å². The lowest BCUT2D eigenvalue weighted by Crippen LogP contribution is -2.08. The van der Waals surface area contributed by atoms with Crippen LogP contribution in [-0.2, 0) is 9.53 Å². The van der Waals surface area contributed by atoms with E-state index in [0.29, 0.717) is 5.75 Å². The zero-order valence-electron chi connectivity index (χ0n) is 11.7. The smallest absolute Gasteiger partial charge is 0.373 e. The summed E-state index contributed by atoms with van der Waals surface area (Å²) in [4.78, 5) is 10.9. The fraction of sp³-hybridized carbons (Fsp3) is 0.118. The number of benzene rings is 2. The van der Waals surface area contributed by atoms with Gasteiger partial charge in [-0.25, -0.2) is 4.79 Å². The van der Waals surface area contributed by atoms with Crippen LogP contribution < -0.4 is 4.74 Å². The molecule has 0 radical (unpaired) electrons. The third-order valence-corrected chi connectivity index (χ3v) is 2.34. The van der Waals surface area contributed by atoms with E-state index in [1.54, 1.807) is 24.3 Å². The molecular formula is C17H18O3. The Kier molecular flexibility index (Phi) is 6.62. The summed E-state index contributed by atoms with van der Waals surface area (Å²) < 4.78 is 9.52. The summed E-state index contributed by atoms with van der Waals surface area (Å²) in [5.74, 6) is -0.0181. The minimum absolute atomic E-state index is 0.0197. The highest BCUT2D eigenvalue weighted by molar-refractivity contribution is 5.85. The van der Waals surface area contributed by atoms with Crippen LogP contribution in [0.15, 0.2) is 73.0 Å². The summed E-state index contributed by atoms with van der Waals surface area (Å²) in [5, 5.41) is 0. The SMILES string of the molecule is C=C(Oc1ccccc1)C(=O)OC.Cc1ccccc1. The Hall–Kier alpha value is -2.55. The average Bonchev–Trinajstić information content (AvgIpc) is 2.49. The third kappa shape index (κ3) is 5.87. The van der Waals surface area contributed by atoms with Gasteiger partial charge in [0.2, 0.25) is 5.76 Å². The second kappa shape index (κ2) is 8.53. The van der Waals surface area contributed by atoms with Gasteiger partial charge in [0.1, 0.15) is 5.75 Å². The first-order valence-electron chi connectivity index (χ1n) is 6.15. The van der Waals surface area contributed by atoms with Crippen LogP contribution in [0.25, 0.3) is 0 Å². The van der Waals surface area contributed by atoms with Crippen molar-refractivity contribution in [2.24, 2.45) is 0 Å². The number of carbonyl (C=O) groups is 1. The Morgan fingerprint density at radius 1 is 0.950 bits per heavy atom. The summed E-state index contributed by atoms with van der Waals surface area (Å²) in [6.45, 7) is 5.51. The van der Waals surface area contributed by atoms with Crippen molar-refractivity contribution < 1.29 is 14.3 Å². The van der Waals surface area contributed by atoms with Gasteiger partial charge in [0.15, 0.2) is 0 Å². The van der Waals surface area contributed by atoms with E-state index >= 15 is 0 Å². The topological polar surface area (TPSA) is 35.5 Å². The molecule has 0 heterocycles. The van der Waals surface area contributed by atoms with E-state index in [4.69, 9.17) is 4.74 Å². The Bertz CT molecular complexity index is 533. The Morgan fingerprint density at radius 3 is 1.85 bits per heavy atom. The van der Waals surface area contributed by atoms with E-state index in [2.05, 4.69) is 30.4 Å². The molecule has 104 valence electrons. The zero-order chi connectivity index (χ0) is 14.8. The minimum atomic E-state index is -0.566. The normalized spacial score (nSPS) is 8.90. The van der Waals surface area contributed by atoms with E-state index in [0.717, 1.165) is 0 Å². The first kappa shape index (κ1) is 15.5. The number of rotatable bonds is 3. The van der Waals surface area contributed by atoms with Crippen molar-refractivity contribution >= 4 is 5.97 Å². The number of hydrogen-bond donors (Lipinski definition) is 0. The highest BCUT2D eigenvalue weighted by Crippen LogP contribution is 2.12. The molecule has 0 saturated heterocycles. The van der Waals surface area contributed by atoms with Crippen LogP contribution in [0.5, 0.6) is 5.75 Å². The highest BCUT2D eigenvalue weighted by Gasteiger charge is 2.07. The molecule has 0 unspecified atom stereocenters. The second-order valence-corrected chi connectivity index (χ2v) is 3.98. The molecule has 3 heteroatoms. The predicted octanol–water partition coefficient (Wildman–Crippen LogP) is 3.75. The van der Waals surface area contributed by atoms with Crippen molar-refractivity contribution in [2.45, 2.75) is 6.92 Å². The number of ether oxygens (including phenoxy) is 2. The molecule has 2 aromatic rings. The van der Waals surface area contributed by atoms with Gasteiger partial charge in [0.25, 0.3) is 0 Å². The van der Waals surface area contributed by atoms with Gasteiger partial charge in [0, 0.05) is 0 Å². The van der Waals surface area contributed by atoms with E-state index in [1.807, 2.05) is 24.3 Å². The molecule has 0 amide bonds. The van der Waals surface area contributed by atoms with Crippen molar-refractivity contribution in [3.63, 3.8) is 0 Å². The summed E-state index contributed by atoms with van der Waals surface area (Å²) in [6.07, 6.45) is 0. The lowest BCUT2D eigenvalue weighted by atomic mass is 10.2. The van der Waals surface area contributed by atoms with Gasteiger partial charge < -0.3 is 9.47 Å². The van der Waals surface area contributed by atoms with E-state index in [9.17, 15) is 4.79 Å². The molecule has 0 spiro atoms. The minimum Gasteiger partial charge on any atom is -0.463 e. The molecule has 0 aliphatic rings. The van der Waals surface area contributed by atoms with E-state index < -0.39 is 5.97 Å². The van der Waals surface area contributed by atoms with Crippen molar-refractivity contribution in [1.82, 2.24) is 0 Å². The molecule has 20 heavy (non-hydrogen) atoms. The number of aryl methyl sites for hydroxylation is 1. The molecule has 3 nitrogen and oxygen atoms in total. The van der Waals surface area contributed by atoms with Crippen LogP contribution in [-0.4, -0.2) is 13.1 Å². The van der Waals surface area contributed by atoms with Crippen LogP contribution in [0.3, 0.4) is 0 Å². The lowest BCUT2D eigenvalue weighted by Gasteiger charge is -2.05. The maximum Gasteiger partial charge on any atom is 0.373 e. The average molecular weight is 270 g/mol. The third-order valence-electron chi connectivity index (χ3n) is 2.34.